The van der Waals surface area contributed by atoms with Crippen LogP contribution in [0.5, 0.6) is 0 Å². The van der Waals surface area contributed by atoms with Crippen molar-refractivity contribution >= 4 is 16.9 Å². The van der Waals surface area contributed by atoms with Gasteiger partial charge < -0.3 is 5.73 Å². The number of thioether (sulfide) groups is 1. The summed E-state index contributed by atoms with van der Waals surface area (Å²) in [6, 6.07) is 0.0110. The van der Waals surface area contributed by atoms with Crippen molar-refractivity contribution < 1.29 is 4.79 Å². The topological polar surface area (TPSA) is 43.1 Å². The van der Waals surface area contributed by atoms with Crippen molar-refractivity contribution in [2.45, 2.75) is 32.7 Å². The molecule has 0 saturated heterocycles. The molecule has 0 rings (SSSR count). The molecule has 0 aromatic heterocycles. The Hall–Kier alpha value is -0.0200. The van der Waals surface area contributed by atoms with E-state index in [-0.39, 0.29) is 11.2 Å². The van der Waals surface area contributed by atoms with Crippen LogP contribution in [0.1, 0.15) is 26.7 Å². The molecule has 1 atom stereocenters. The molecule has 0 aliphatic carbocycles. The summed E-state index contributed by atoms with van der Waals surface area (Å²) in [4.78, 5) is 10.9. The zero-order valence-corrected chi connectivity index (χ0v) is 7.41. The van der Waals surface area contributed by atoms with Gasteiger partial charge in [-0.2, -0.15) is 0 Å². The zero-order chi connectivity index (χ0) is 7.98. The molecule has 0 spiro atoms. The van der Waals surface area contributed by atoms with Gasteiger partial charge in [0, 0.05) is 18.2 Å². The molecule has 0 bridgehead atoms. The van der Waals surface area contributed by atoms with Crippen LogP contribution in [-0.2, 0) is 4.79 Å². The van der Waals surface area contributed by atoms with E-state index in [1.54, 1.807) is 0 Å². The first-order valence-electron chi connectivity index (χ1n) is 3.58. The fourth-order valence-electron chi connectivity index (χ4n) is 0.538. The number of carbonyl (C=O) groups is 1. The summed E-state index contributed by atoms with van der Waals surface area (Å²) in [6.45, 7) is 3.91. The third kappa shape index (κ3) is 6.11. The number of rotatable bonds is 4. The molecule has 0 aromatic rings. The predicted molar refractivity (Wildman–Crippen MR) is 46.0 cm³/mol. The van der Waals surface area contributed by atoms with Crippen LogP contribution in [0.2, 0.25) is 0 Å². The molecule has 0 aliphatic heterocycles. The average molecular weight is 161 g/mol. The second-order valence-corrected chi connectivity index (χ2v) is 3.55. The molecule has 10 heavy (non-hydrogen) atoms. The second-order valence-electron chi connectivity index (χ2n) is 2.40. The van der Waals surface area contributed by atoms with E-state index in [4.69, 9.17) is 5.73 Å². The van der Waals surface area contributed by atoms with Crippen molar-refractivity contribution in [2.24, 2.45) is 5.73 Å². The maximum atomic E-state index is 10.9. The van der Waals surface area contributed by atoms with Gasteiger partial charge in [0.05, 0.1) is 0 Å². The molecule has 0 saturated carbocycles. The lowest BCUT2D eigenvalue weighted by atomic mass is 10.3. The van der Waals surface area contributed by atoms with Crippen LogP contribution in [0.4, 0.5) is 0 Å². The van der Waals surface area contributed by atoms with E-state index in [0.29, 0.717) is 6.42 Å². The Bertz CT molecular complexity index is 104. The maximum absolute atomic E-state index is 10.9. The first-order chi connectivity index (χ1) is 4.66. The van der Waals surface area contributed by atoms with Crippen LogP contribution in [-0.4, -0.2) is 16.9 Å². The molecule has 0 heterocycles. The quantitative estimate of drug-likeness (QED) is 0.677. The molecule has 3 heteroatoms. The highest BCUT2D eigenvalue weighted by Gasteiger charge is 2.03. The number of hydrogen-bond donors (Lipinski definition) is 1. The molecule has 0 fully saturated rings. The van der Waals surface area contributed by atoms with Gasteiger partial charge in [0.15, 0.2) is 5.12 Å². The normalized spacial score (nSPS) is 13.1. The van der Waals surface area contributed by atoms with E-state index < -0.39 is 0 Å². The third-order valence-electron chi connectivity index (χ3n) is 0.956. The van der Waals surface area contributed by atoms with Gasteiger partial charge in [-0.25, -0.2) is 0 Å². The molecule has 0 aromatic carbocycles. The Labute approximate surface area is 66.6 Å². The van der Waals surface area contributed by atoms with E-state index >= 15 is 0 Å². The Morgan fingerprint density at radius 2 is 2.30 bits per heavy atom. The van der Waals surface area contributed by atoms with Crippen molar-refractivity contribution in [3.63, 3.8) is 0 Å². The smallest absolute Gasteiger partial charge is 0.190 e. The van der Waals surface area contributed by atoms with Crippen molar-refractivity contribution in [2.75, 3.05) is 5.75 Å². The highest BCUT2D eigenvalue weighted by atomic mass is 32.2. The number of nitrogens with two attached hydrogens (primary N) is 1. The highest BCUT2D eigenvalue weighted by Crippen LogP contribution is 2.07. The Morgan fingerprint density at radius 1 is 1.70 bits per heavy atom. The maximum Gasteiger partial charge on any atom is 0.190 e. The minimum absolute atomic E-state index is 0.0110. The van der Waals surface area contributed by atoms with Crippen LogP contribution in [0.3, 0.4) is 0 Å². The third-order valence-corrected chi connectivity index (χ3v) is 2.06. The first-order valence-corrected chi connectivity index (χ1v) is 4.56. The van der Waals surface area contributed by atoms with Gasteiger partial charge in [0.25, 0.3) is 0 Å². The molecule has 60 valence electrons. The van der Waals surface area contributed by atoms with Crippen LogP contribution in [0.15, 0.2) is 0 Å². The van der Waals surface area contributed by atoms with Gasteiger partial charge in [0.1, 0.15) is 0 Å². The molecule has 0 amide bonds. The second kappa shape index (κ2) is 5.74. The van der Waals surface area contributed by atoms with Gasteiger partial charge in [-0.15, -0.1) is 0 Å². The Morgan fingerprint density at radius 3 is 2.70 bits per heavy atom. The summed E-state index contributed by atoms with van der Waals surface area (Å²) < 4.78 is 0. The number of hydrogen-bond acceptors (Lipinski definition) is 3. The fraction of sp³-hybridized carbons (Fsp3) is 0.857. The lowest BCUT2D eigenvalue weighted by Crippen LogP contribution is -2.18. The standard InChI is InChI=1S/C7H15NOS/c1-3-4-10-7(9)5-6(2)8/h6H,3-5,8H2,1-2H3/t6-/m1/s1. The molecule has 2 nitrogen and oxygen atoms in total. The summed E-state index contributed by atoms with van der Waals surface area (Å²) >= 11 is 1.39. The first kappa shape index (κ1) is 9.98. The summed E-state index contributed by atoms with van der Waals surface area (Å²) in [5, 5.41) is 0.219. The molecule has 0 unspecified atom stereocenters. The number of carbonyl (C=O) groups excluding carboxylic acids is 1. The fourth-order valence-corrected chi connectivity index (χ4v) is 1.35. The lowest BCUT2D eigenvalue weighted by molar-refractivity contribution is -0.111. The van der Waals surface area contributed by atoms with E-state index in [0.717, 1.165) is 12.2 Å². The van der Waals surface area contributed by atoms with Gasteiger partial charge in [-0.1, -0.05) is 18.7 Å². The summed E-state index contributed by atoms with van der Waals surface area (Å²) in [7, 11) is 0. The summed E-state index contributed by atoms with van der Waals surface area (Å²) in [6.07, 6.45) is 1.56. The largest absolute Gasteiger partial charge is 0.328 e. The molecule has 2 N–H and O–H groups in total. The molecular weight excluding hydrogens is 146 g/mol. The zero-order valence-electron chi connectivity index (χ0n) is 6.59. The molecule has 0 aliphatic rings. The summed E-state index contributed by atoms with van der Waals surface area (Å²) in [5.41, 5.74) is 5.43. The van der Waals surface area contributed by atoms with Gasteiger partial charge >= 0.3 is 0 Å². The van der Waals surface area contributed by atoms with E-state index in [9.17, 15) is 4.79 Å². The van der Waals surface area contributed by atoms with Gasteiger partial charge in [-0.05, 0) is 13.3 Å². The average Bonchev–Trinajstić information content (AvgIpc) is 1.82. The lowest BCUT2D eigenvalue weighted by Gasteiger charge is -2.01. The Balaban J connectivity index is 3.26. The monoisotopic (exact) mass is 161 g/mol. The van der Waals surface area contributed by atoms with Crippen molar-refractivity contribution in [3.8, 4) is 0 Å². The highest BCUT2D eigenvalue weighted by molar-refractivity contribution is 8.13. The van der Waals surface area contributed by atoms with Crippen LogP contribution < -0.4 is 5.73 Å². The van der Waals surface area contributed by atoms with E-state index in [1.807, 2.05) is 6.92 Å². The molecule has 0 radical (unpaired) electrons. The van der Waals surface area contributed by atoms with Crippen molar-refractivity contribution in [1.29, 1.82) is 0 Å². The van der Waals surface area contributed by atoms with Gasteiger partial charge in [-0.3, -0.25) is 4.79 Å². The van der Waals surface area contributed by atoms with Crippen LogP contribution in [0, 0.1) is 0 Å². The van der Waals surface area contributed by atoms with Crippen molar-refractivity contribution in [1.82, 2.24) is 0 Å². The predicted octanol–water partition coefficient (Wildman–Crippen LogP) is 1.39. The van der Waals surface area contributed by atoms with E-state index in [2.05, 4.69) is 6.92 Å². The van der Waals surface area contributed by atoms with Gasteiger partial charge in [0.2, 0.25) is 0 Å². The minimum atomic E-state index is 0.0110. The van der Waals surface area contributed by atoms with E-state index in [1.165, 1.54) is 11.8 Å². The van der Waals surface area contributed by atoms with Crippen LogP contribution >= 0.6 is 11.8 Å². The minimum Gasteiger partial charge on any atom is -0.328 e. The summed E-state index contributed by atoms with van der Waals surface area (Å²) in [5.74, 6) is 0.922. The van der Waals surface area contributed by atoms with Crippen molar-refractivity contribution in [3.05, 3.63) is 0 Å². The van der Waals surface area contributed by atoms with Crippen LogP contribution in [0.25, 0.3) is 0 Å². The Kier molecular flexibility index (Phi) is 5.73. The SMILES string of the molecule is CCCSC(=O)C[C@@H](C)N. The molecular formula is C7H15NOS.